The molecule has 0 spiro atoms. The minimum absolute atomic E-state index is 0.0544. The van der Waals surface area contributed by atoms with Crippen LogP contribution >= 0.6 is 7.82 Å². The average molecular weight is 508 g/mol. The molecule has 0 aromatic heterocycles. The number of phosphoric acid groups is 1. The molecule has 7 nitrogen and oxygen atoms in total. The molecule has 0 aliphatic carbocycles. The average Bonchev–Trinajstić information content (AvgIpc) is 2.77. The van der Waals surface area contributed by atoms with Gasteiger partial charge in [0.15, 0.2) is 0 Å². The van der Waals surface area contributed by atoms with Crippen molar-refractivity contribution in [3.05, 3.63) is 12.2 Å². The zero-order valence-corrected chi connectivity index (χ0v) is 23.7. The smallest absolute Gasteiger partial charge is 0.379 e. The lowest BCUT2D eigenvalue weighted by Gasteiger charge is -2.18. The molecule has 4 unspecified atom stereocenters. The molecular formula is C26H54NO6P. The molecule has 0 saturated carbocycles. The molecule has 2 N–H and O–H groups in total. The molecule has 0 amide bonds. The van der Waals surface area contributed by atoms with Crippen LogP contribution in [0.25, 0.3) is 0 Å². The van der Waals surface area contributed by atoms with Gasteiger partial charge in [-0.3, -0.25) is 9.05 Å². The second kappa shape index (κ2) is 22.0. The van der Waals surface area contributed by atoms with E-state index in [4.69, 9.17) is 18.5 Å². The number of allylic oxidation sites excluding steroid dienone is 2. The van der Waals surface area contributed by atoms with Gasteiger partial charge in [-0.1, -0.05) is 72.0 Å². The first-order valence-corrected chi connectivity index (χ1v) is 14.7. The van der Waals surface area contributed by atoms with E-state index in [1.165, 1.54) is 45.6 Å². The van der Waals surface area contributed by atoms with Crippen LogP contribution < -0.4 is 5.32 Å². The molecule has 0 aliphatic heterocycles. The van der Waals surface area contributed by atoms with Gasteiger partial charge >= 0.3 is 7.82 Å². The lowest BCUT2D eigenvalue weighted by Crippen LogP contribution is -2.24. The number of methoxy groups -OCH3 is 1. The fraction of sp³-hybridized carbons (Fsp3) is 0.923. The summed E-state index contributed by atoms with van der Waals surface area (Å²) in [6, 6.07) is 0. The Morgan fingerprint density at radius 2 is 1.62 bits per heavy atom. The van der Waals surface area contributed by atoms with Gasteiger partial charge in [-0.15, -0.1) is 0 Å². The monoisotopic (exact) mass is 507 g/mol. The molecule has 0 saturated heterocycles. The maximum atomic E-state index is 11.8. The Hall–Kier alpha value is -0.270. The van der Waals surface area contributed by atoms with E-state index in [1.807, 2.05) is 0 Å². The second-order valence-electron chi connectivity index (χ2n) is 9.90. The number of unbranched alkanes of at least 4 members (excludes halogenated alkanes) is 2. The summed E-state index contributed by atoms with van der Waals surface area (Å²) in [5.74, 6) is 2.32. The Bertz CT molecular complexity index is 531. The first-order valence-electron chi connectivity index (χ1n) is 13.2. The summed E-state index contributed by atoms with van der Waals surface area (Å²) < 4.78 is 32.5. The quantitative estimate of drug-likeness (QED) is 0.0892. The Labute approximate surface area is 210 Å². The van der Waals surface area contributed by atoms with Crippen LogP contribution in [0.15, 0.2) is 12.2 Å². The van der Waals surface area contributed by atoms with E-state index in [9.17, 15) is 9.46 Å². The summed E-state index contributed by atoms with van der Waals surface area (Å²) in [5.41, 5.74) is 0. The van der Waals surface area contributed by atoms with Gasteiger partial charge in [-0.2, -0.15) is 0 Å². The molecule has 34 heavy (non-hydrogen) atoms. The van der Waals surface area contributed by atoms with Gasteiger partial charge in [-0.05, 0) is 50.5 Å². The summed E-state index contributed by atoms with van der Waals surface area (Å²) in [4.78, 5) is 9.62. The number of hydrogen-bond donors (Lipinski definition) is 2. The van der Waals surface area contributed by atoms with Crippen LogP contribution in [0.5, 0.6) is 0 Å². The third kappa shape index (κ3) is 22.2. The highest BCUT2D eigenvalue weighted by molar-refractivity contribution is 7.47. The van der Waals surface area contributed by atoms with Crippen LogP contribution in [-0.2, 0) is 23.1 Å². The van der Waals surface area contributed by atoms with Crippen LogP contribution in [0.2, 0.25) is 0 Å². The maximum absolute atomic E-state index is 11.8. The molecular weight excluding hydrogens is 453 g/mol. The minimum Gasteiger partial charge on any atom is -0.379 e. The Kier molecular flexibility index (Phi) is 21.8. The van der Waals surface area contributed by atoms with E-state index in [0.717, 1.165) is 31.1 Å². The fourth-order valence-corrected chi connectivity index (χ4v) is 4.33. The molecule has 0 rings (SSSR count). The van der Waals surface area contributed by atoms with Crippen molar-refractivity contribution in [3.63, 3.8) is 0 Å². The zero-order chi connectivity index (χ0) is 25.7. The lowest BCUT2D eigenvalue weighted by molar-refractivity contribution is -0.0219. The molecule has 8 heteroatoms. The normalized spacial score (nSPS) is 16.7. The Balaban J connectivity index is 3.74. The van der Waals surface area contributed by atoms with Gasteiger partial charge in [0.25, 0.3) is 0 Å². The van der Waals surface area contributed by atoms with Crippen LogP contribution in [0.3, 0.4) is 0 Å². The molecule has 0 bridgehead atoms. The summed E-state index contributed by atoms with van der Waals surface area (Å²) >= 11 is 0. The number of hydrogen-bond acceptors (Lipinski definition) is 6. The molecule has 0 aromatic carbocycles. The standard InChI is InChI=1S/C26H54NO6P/c1-23(2)13-11-15-25(4)17-12-16-24(3)14-9-7-8-10-19-31-21-26(30-6)22-33-34(28,29)32-20-18-27-5/h9,14,23-27H,7-8,10-13,15-22H2,1-6H3,(H,28,29)/b14-9+. The molecule has 204 valence electrons. The Morgan fingerprint density at radius 3 is 2.26 bits per heavy atom. The van der Waals surface area contributed by atoms with Crippen LogP contribution in [0.4, 0.5) is 0 Å². The van der Waals surface area contributed by atoms with Crippen molar-refractivity contribution >= 4 is 7.82 Å². The first-order chi connectivity index (χ1) is 16.2. The van der Waals surface area contributed by atoms with Gasteiger partial charge in [-0.25, -0.2) is 4.57 Å². The van der Waals surface area contributed by atoms with E-state index < -0.39 is 13.9 Å². The maximum Gasteiger partial charge on any atom is 0.472 e. The molecule has 0 fully saturated rings. The van der Waals surface area contributed by atoms with E-state index in [2.05, 4.69) is 45.2 Å². The van der Waals surface area contributed by atoms with Gasteiger partial charge < -0.3 is 19.7 Å². The van der Waals surface area contributed by atoms with Gasteiger partial charge in [0.05, 0.1) is 19.8 Å². The third-order valence-corrected chi connectivity index (χ3v) is 6.86. The molecule has 0 aliphatic rings. The number of phosphoric ester groups is 1. The van der Waals surface area contributed by atoms with Crippen molar-refractivity contribution in [1.29, 1.82) is 0 Å². The second-order valence-corrected chi connectivity index (χ2v) is 11.3. The number of rotatable bonds is 24. The number of ether oxygens (including phenoxy) is 2. The summed E-state index contributed by atoms with van der Waals surface area (Å²) in [7, 11) is -0.794. The van der Waals surface area contributed by atoms with Gasteiger partial charge in [0.2, 0.25) is 0 Å². The molecule has 0 aromatic rings. The summed E-state index contributed by atoms with van der Waals surface area (Å²) in [6.45, 7) is 10.8. The summed E-state index contributed by atoms with van der Waals surface area (Å²) in [5, 5.41) is 2.83. The van der Waals surface area contributed by atoms with Gasteiger partial charge in [0.1, 0.15) is 6.10 Å². The van der Waals surface area contributed by atoms with E-state index in [-0.39, 0.29) is 13.2 Å². The third-order valence-electron chi connectivity index (χ3n) is 5.88. The van der Waals surface area contributed by atoms with Crippen molar-refractivity contribution in [2.45, 2.75) is 91.6 Å². The van der Waals surface area contributed by atoms with Crippen molar-refractivity contribution in [1.82, 2.24) is 5.32 Å². The largest absolute Gasteiger partial charge is 0.472 e. The van der Waals surface area contributed by atoms with E-state index >= 15 is 0 Å². The van der Waals surface area contributed by atoms with Crippen LogP contribution in [0, 0.1) is 17.8 Å². The zero-order valence-electron chi connectivity index (χ0n) is 22.8. The van der Waals surface area contributed by atoms with Crippen LogP contribution in [0.1, 0.15) is 85.5 Å². The van der Waals surface area contributed by atoms with Crippen molar-refractivity contribution in [3.8, 4) is 0 Å². The molecule has 0 heterocycles. The molecule has 0 radical (unpaired) electrons. The fourth-order valence-electron chi connectivity index (χ4n) is 3.57. The van der Waals surface area contributed by atoms with Crippen molar-refractivity contribution in [2.75, 3.05) is 47.1 Å². The Morgan fingerprint density at radius 1 is 0.912 bits per heavy atom. The topological polar surface area (TPSA) is 86.3 Å². The van der Waals surface area contributed by atoms with E-state index in [0.29, 0.717) is 25.7 Å². The molecule has 4 atom stereocenters. The minimum atomic E-state index is -4.06. The first kappa shape index (κ1) is 33.7. The van der Waals surface area contributed by atoms with Crippen molar-refractivity contribution < 1.29 is 28.0 Å². The van der Waals surface area contributed by atoms with Crippen LogP contribution in [-0.4, -0.2) is 58.1 Å². The highest BCUT2D eigenvalue weighted by Crippen LogP contribution is 2.43. The highest BCUT2D eigenvalue weighted by atomic mass is 31.2. The van der Waals surface area contributed by atoms with Gasteiger partial charge in [0, 0.05) is 20.3 Å². The van der Waals surface area contributed by atoms with E-state index in [1.54, 1.807) is 7.05 Å². The summed E-state index contributed by atoms with van der Waals surface area (Å²) in [6.07, 6.45) is 15.4. The number of likely N-dealkylation sites (N-methyl/N-ethyl adjacent to an activating group) is 1. The predicted octanol–water partition coefficient (Wildman–Crippen LogP) is 6.37. The van der Waals surface area contributed by atoms with Crippen molar-refractivity contribution in [2.24, 2.45) is 17.8 Å². The number of nitrogens with one attached hydrogen (secondary N) is 1. The highest BCUT2D eigenvalue weighted by Gasteiger charge is 2.23. The SMILES string of the molecule is CNCCOP(=O)(O)OCC(COCCCC/C=C/C(C)CCCC(C)CCCC(C)C)OC. The predicted molar refractivity (Wildman–Crippen MR) is 141 cm³/mol. The lowest BCUT2D eigenvalue weighted by atomic mass is 9.93.